The molecular weight excluding hydrogens is 407 g/mol. The molecule has 1 aromatic heterocycles. The monoisotopic (exact) mass is 438 g/mol. The highest BCUT2D eigenvalue weighted by atomic mass is 19.1. The number of methoxy groups -OCH3 is 1. The Labute approximate surface area is 188 Å². The summed E-state index contributed by atoms with van der Waals surface area (Å²) in [7, 11) is 1.60. The summed E-state index contributed by atoms with van der Waals surface area (Å²) in [6, 6.07) is 11.9. The third-order valence-corrected chi connectivity index (χ3v) is 6.15. The van der Waals surface area contributed by atoms with Crippen molar-refractivity contribution in [3.05, 3.63) is 65.1 Å². The number of halogens is 1. The Bertz CT molecular complexity index is 1080. The molecule has 5 nitrogen and oxygen atoms in total. The molecule has 6 heteroatoms. The van der Waals surface area contributed by atoms with Crippen molar-refractivity contribution in [2.45, 2.75) is 32.7 Å². The molecule has 4 rings (SSSR count). The van der Waals surface area contributed by atoms with Crippen LogP contribution in [0.1, 0.15) is 47.8 Å². The van der Waals surface area contributed by atoms with Crippen LogP contribution in [0.3, 0.4) is 0 Å². The minimum absolute atomic E-state index is 0.0844. The highest BCUT2D eigenvalue weighted by Crippen LogP contribution is 2.34. The van der Waals surface area contributed by atoms with E-state index < -0.39 is 0 Å². The van der Waals surface area contributed by atoms with Gasteiger partial charge in [0.2, 0.25) is 0 Å². The van der Waals surface area contributed by atoms with Gasteiger partial charge in [-0.05, 0) is 54.8 Å². The maximum atomic E-state index is 14.3. The number of fused-ring (bicyclic) bond motifs is 1. The summed E-state index contributed by atoms with van der Waals surface area (Å²) < 4.78 is 27.1. The molecule has 0 N–H and O–H groups in total. The Morgan fingerprint density at radius 3 is 2.47 bits per heavy atom. The molecule has 0 radical (unpaired) electrons. The number of ketones is 1. The van der Waals surface area contributed by atoms with Crippen LogP contribution in [0.4, 0.5) is 4.39 Å². The maximum absolute atomic E-state index is 14.3. The zero-order valence-corrected chi connectivity index (χ0v) is 19.1. The van der Waals surface area contributed by atoms with E-state index in [-0.39, 0.29) is 17.5 Å². The third kappa shape index (κ3) is 4.57. The summed E-state index contributed by atoms with van der Waals surface area (Å²) in [5.41, 5.74) is 3.05. The number of carbonyl (C=O) groups is 1. The van der Waals surface area contributed by atoms with Gasteiger partial charge in [0.15, 0.2) is 5.78 Å². The van der Waals surface area contributed by atoms with Gasteiger partial charge in [-0.1, -0.05) is 13.8 Å². The van der Waals surface area contributed by atoms with Gasteiger partial charge in [0, 0.05) is 48.3 Å². The van der Waals surface area contributed by atoms with Gasteiger partial charge in [-0.15, -0.1) is 0 Å². The molecule has 3 aromatic rings. The van der Waals surface area contributed by atoms with Crippen molar-refractivity contribution in [1.29, 1.82) is 0 Å². The van der Waals surface area contributed by atoms with Crippen LogP contribution in [0, 0.1) is 5.82 Å². The van der Waals surface area contributed by atoms with Gasteiger partial charge >= 0.3 is 0 Å². The SMILES string of the molecule is COc1ccc(C(=O)c2c(C(C)C)n(CCCN3CCOCC3)c3ccc(F)cc23)cc1. The molecule has 170 valence electrons. The quantitative estimate of drug-likeness (QED) is 0.471. The van der Waals surface area contributed by atoms with E-state index in [2.05, 4.69) is 23.3 Å². The fourth-order valence-corrected chi connectivity index (χ4v) is 4.59. The molecule has 1 saturated heterocycles. The average molecular weight is 439 g/mol. The second kappa shape index (κ2) is 9.84. The van der Waals surface area contributed by atoms with Crippen molar-refractivity contribution in [1.82, 2.24) is 9.47 Å². The summed E-state index contributed by atoms with van der Waals surface area (Å²) in [6.07, 6.45) is 0.955. The molecule has 1 fully saturated rings. The molecule has 2 aromatic carbocycles. The van der Waals surface area contributed by atoms with Gasteiger partial charge in [0.1, 0.15) is 11.6 Å². The van der Waals surface area contributed by atoms with Gasteiger partial charge in [-0.2, -0.15) is 0 Å². The Morgan fingerprint density at radius 1 is 1.09 bits per heavy atom. The Balaban J connectivity index is 1.72. The lowest BCUT2D eigenvalue weighted by Gasteiger charge is -2.26. The number of morpholine rings is 1. The average Bonchev–Trinajstić information content (AvgIpc) is 3.13. The van der Waals surface area contributed by atoms with Crippen LogP contribution in [0.5, 0.6) is 5.75 Å². The van der Waals surface area contributed by atoms with Crippen LogP contribution >= 0.6 is 0 Å². The number of benzene rings is 2. The summed E-state index contributed by atoms with van der Waals surface area (Å²) in [4.78, 5) is 16.0. The summed E-state index contributed by atoms with van der Waals surface area (Å²) in [6.45, 7) is 9.41. The van der Waals surface area contributed by atoms with Crippen molar-refractivity contribution in [3.63, 3.8) is 0 Å². The van der Waals surface area contributed by atoms with Gasteiger partial charge in [-0.25, -0.2) is 4.39 Å². The fourth-order valence-electron chi connectivity index (χ4n) is 4.59. The van der Waals surface area contributed by atoms with Gasteiger partial charge in [-0.3, -0.25) is 9.69 Å². The van der Waals surface area contributed by atoms with Crippen LogP contribution in [-0.2, 0) is 11.3 Å². The second-order valence-corrected chi connectivity index (χ2v) is 8.59. The van der Waals surface area contributed by atoms with E-state index in [1.54, 1.807) is 37.4 Å². The lowest BCUT2D eigenvalue weighted by atomic mass is 9.96. The van der Waals surface area contributed by atoms with E-state index in [0.717, 1.165) is 57.0 Å². The summed E-state index contributed by atoms with van der Waals surface area (Å²) >= 11 is 0. The molecule has 0 amide bonds. The van der Waals surface area contributed by atoms with E-state index in [1.165, 1.54) is 12.1 Å². The summed E-state index contributed by atoms with van der Waals surface area (Å²) in [5.74, 6) is 0.397. The lowest BCUT2D eigenvalue weighted by Crippen LogP contribution is -2.37. The molecule has 0 unspecified atom stereocenters. The predicted molar refractivity (Wildman–Crippen MR) is 124 cm³/mol. The van der Waals surface area contributed by atoms with Crippen LogP contribution in [0.25, 0.3) is 10.9 Å². The van der Waals surface area contributed by atoms with Crippen molar-refractivity contribution >= 4 is 16.7 Å². The van der Waals surface area contributed by atoms with Crippen LogP contribution in [-0.4, -0.2) is 55.2 Å². The van der Waals surface area contributed by atoms with Crippen molar-refractivity contribution in [2.75, 3.05) is 40.0 Å². The lowest BCUT2D eigenvalue weighted by molar-refractivity contribution is 0.0369. The van der Waals surface area contributed by atoms with Gasteiger partial charge in [0.25, 0.3) is 0 Å². The number of carbonyl (C=O) groups excluding carboxylic acids is 1. The number of nitrogens with zero attached hydrogens (tertiary/aromatic N) is 2. The molecule has 0 bridgehead atoms. The van der Waals surface area contributed by atoms with Gasteiger partial charge < -0.3 is 14.0 Å². The zero-order valence-electron chi connectivity index (χ0n) is 19.1. The minimum atomic E-state index is -0.331. The van der Waals surface area contributed by atoms with Gasteiger partial charge in [0.05, 0.1) is 25.9 Å². The third-order valence-electron chi connectivity index (χ3n) is 6.15. The zero-order chi connectivity index (χ0) is 22.7. The van der Waals surface area contributed by atoms with E-state index >= 15 is 0 Å². The molecule has 0 spiro atoms. The van der Waals surface area contributed by atoms with E-state index in [0.29, 0.717) is 22.3 Å². The smallest absolute Gasteiger partial charge is 0.195 e. The first-order valence-corrected chi connectivity index (χ1v) is 11.3. The first kappa shape index (κ1) is 22.5. The van der Waals surface area contributed by atoms with Crippen LogP contribution < -0.4 is 4.74 Å². The predicted octanol–water partition coefficient (Wildman–Crippen LogP) is 4.87. The van der Waals surface area contributed by atoms with Crippen LogP contribution in [0.2, 0.25) is 0 Å². The standard InChI is InChI=1S/C26H31FN2O3/c1-18(2)25-24(26(30)19-5-8-21(31-3)9-6-19)22-17-20(27)7-10-23(22)29(25)12-4-11-28-13-15-32-16-14-28/h5-10,17-18H,4,11-16H2,1-3H3. The normalized spacial score (nSPS) is 14.9. The fraction of sp³-hybridized carbons (Fsp3) is 0.423. The first-order chi connectivity index (χ1) is 15.5. The second-order valence-electron chi connectivity index (χ2n) is 8.59. The number of ether oxygens (including phenoxy) is 2. The molecule has 0 atom stereocenters. The molecule has 32 heavy (non-hydrogen) atoms. The topological polar surface area (TPSA) is 43.7 Å². The molecular formula is C26H31FN2O3. The Hall–Kier alpha value is -2.70. The Kier molecular flexibility index (Phi) is 6.92. The largest absolute Gasteiger partial charge is 0.497 e. The number of hydrogen-bond acceptors (Lipinski definition) is 4. The number of rotatable bonds is 8. The number of hydrogen-bond donors (Lipinski definition) is 0. The minimum Gasteiger partial charge on any atom is -0.497 e. The van der Waals surface area contributed by atoms with Crippen molar-refractivity contribution in [3.8, 4) is 5.75 Å². The molecule has 1 aliphatic heterocycles. The van der Waals surface area contributed by atoms with Crippen LogP contribution in [0.15, 0.2) is 42.5 Å². The Morgan fingerprint density at radius 2 is 1.81 bits per heavy atom. The molecule has 2 heterocycles. The number of aryl methyl sites for hydroxylation is 1. The molecule has 0 aliphatic carbocycles. The molecule has 1 aliphatic rings. The van der Waals surface area contributed by atoms with Crippen molar-refractivity contribution < 1.29 is 18.7 Å². The first-order valence-electron chi connectivity index (χ1n) is 11.3. The van der Waals surface area contributed by atoms with E-state index in [1.807, 2.05) is 0 Å². The van der Waals surface area contributed by atoms with Crippen molar-refractivity contribution in [2.24, 2.45) is 0 Å². The summed E-state index contributed by atoms with van der Waals surface area (Å²) in [5, 5.41) is 0.681. The highest BCUT2D eigenvalue weighted by Gasteiger charge is 2.25. The maximum Gasteiger partial charge on any atom is 0.195 e. The highest BCUT2D eigenvalue weighted by molar-refractivity contribution is 6.17. The van der Waals surface area contributed by atoms with E-state index in [4.69, 9.17) is 9.47 Å². The van der Waals surface area contributed by atoms with E-state index in [9.17, 15) is 9.18 Å². The molecule has 0 saturated carbocycles. The number of aromatic nitrogens is 1.